The van der Waals surface area contributed by atoms with E-state index >= 15 is 0 Å². The minimum atomic E-state index is -4.24. The van der Waals surface area contributed by atoms with Gasteiger partial charge >= 0.3 is 5.63 Å². The molecule has 5 aromatic rings. The van der Waals surface area contributed by atoms with Crippen LogP contribution in [-0.2, 0) is 10.0 Å². The van der Waals surface area contributed by atoms with Crippen molar-refractivity contribution in [1.29, 1.82) is 5.26 Å². The number of nitrogens with zero attached hydrogens (tertiary/aromatic N) is 3. The van der Waals surface area contributed by atoms with Crippen LogP contribution in [0.15, 0.2) is 99.0 Å². The Morgan fingerprint density at radius 1 is 0.974 bits per heavy atom. The maximum absolute atomic E-state index is 13.9. The summed E-state index contributed by atoms with van der Waals surface area (Å²) in [5, 5.41) is 21.6. The maximum atomic E-state index is 13.9. The van der Waals surface area contributed by atoms with Crippen LogP contribution in [0.25, 0.3) is 33.4 Å². The maximum Gasteiger partial charge on any atom is 0.345 e. The van der Waals surface area contributed by atoms with Crippen LogP contribution < -0.4 is 10.3 Å². The molecular formula is C27H15FN4O6S. The topological polar surface area (TPSA) is 156 Å². The number of fused-ring (bicyclic) bond motifs is 1. The third kappa shape index (κ3) is 4.94. The number of rotatable bonds is 6. The zero-order chi connectivity index (χ0) is 27.7. The lowest BCUT2D eigenvalue weighted by Crippen LogP contribution is -2.16. The molecule has 0 saturated carbocycles. The smallest absolute Gasteiger partial charge is 0.345 e. The lowest BCUT2D eigenvalue weighted by Gasteiger charge is -2.14. The van der Waals surface area contributed by atoms with Crippen LogP contribution in [0.2, 0.25) is 0 Å². The number of anilines is 1. The van der Waals surface area contributed by atoms with E-state index in [9.17, 15) is 33.0 Å². The van der Waals surface area contributed by atoms with Gasteiger partial charge in [-0.25, -0.2) is 22.6 Å². The van der Waals surface area contributed by atoms with Crippen molar-refractivity contribution in [2.24, 2.45) is 0 Å². The van der Waals surface area contributed by atoms with Crippen molar-refractivity contribution in [3.05, 3.63) is 117 Å². The van der Waals surface area contributed by atoms with E-state index in [1.165, 1.54) is 66.7 Å². The zero-order valence-corrected chi connectivity index (χ0v) is 20.5. The highest BCUT2D eigenvalue weighted by Gasteiger charge is 2.23. The van der Waals surface area contributed by atoms with E-state index in [1.54, 1.807) is 6.07 Å². The monoisotopic (exact) mass is 542 g/mol. The summed E-state index contributed by atoms with van der Waals surface area (Å²) >= 11 is 0. The average molecular weight is 543 g/mol. The van der Waals surface area contributed by atoms with Crippen LogP contribution in [0.1, 0.15) is 5.56 Å². The highest BCUT2D eigenvalue weighted by atomic mass is 32.2. The normalized spacial score (nSPS) is 11.2. The molecule has 2 heterocycles. The Bertz CT molecular complexity index is 1990. The van der Waals surface area contributed by atoms with Crippen LogP contribution in [0, 0.1) is 27.3 Å². The summed E-state index contributed by atoms with van der Waals surface area (Å²) in [6, 6.07) is 20.8. The number of sulfonamides is 1. The highest BCUT2D eigenvalue weighted by molar-refractivity contribution is 7.92. The fourth-order valence-corrected chi connectivity index (χ4v) is 4.98. The molecule has 0 saturated heterocycles. The van der Waals surface area contributed by atoms with Gasteiger partial charge in [-0.2, -0.15) is 5.26 Å². The molecule has 0 amide bonds. The average Bonchev–Trinajstić information content (AvgIpc) is 2.93. The Kier molecular flexibility index (Phi) is 6.35. The van der Waals surface area contributed by atoms with Gasteiger partial charge in [0.1, 0.15) is 23.0 Å². The van der Waals surface area contributed by atoms with Crippen LogP contribution in [0.4, 0.5) is 15.9 Å². The molecule has 12 heteroatoms. The number of non-ortho nitro benzene ring substituents is 1. The summed E-state index contributed by atoms with van der Waals surface area (Å²) < 4.78 is 47.7. The molecule has 0 radical (unpaired) electrons. The number of benzene rings is 3. The quantitative estimate of drug-likeness (QED) is 0.173. The minimum Gasteiger partial charge on any atom is -0.422 e. The first-order valence-corrected chi connectivity index (χ1v) is 12.7. The molecule has 1 N–H and O–H groups in total. The standard InChI is InChI=1S/C27H15FN4O6S/c28-18-9-10-25-17(11-18)13-22(27(33)38-25)24-14-21(16-5-4-6-19(12-16)32(34)35)23(15-29)26(30-24)31-39(36,37)20-7-2-1-3-8-20/h1-14H,(H,30,31). The number of aromatic nitrogens is 1. The molecule has 0 aliphatic carbocycles. The van der Waals surface area contributed by atoms with E-state index in [2.05, 4.69) is 9.71 Å². The SMILES string of the molecule is N#Cc1c(-c2cccc([N+](=O)[O-])c2)cc(-c2cc3cc(F)ccc3oc2=O)nc1NS(=O)(=O)c1ccccc1. The van der Waals surface area contributed by atoms with Crippen molar-refractivity contribution in [3.8, 4) is 28.5 Å². The van der Waals surface area contributed by atoms with E-state index in [0.29, 0.717) is 0 Å². The van der Waals surface area contributed by atoms with Gasteiger partial charge in [-0.15, -0.1) is 0 Å². The summed E-state index contributed by atoms with van der Waals surface area (Å²) in [7, 11) is -4.24. The molecule has 5 rings (SSSR count). The molecule has 39 heavy (non-hydrogen) atoms. The number of halogens is 1. The Labute approximate surface area is 219 Å². The molecule has 3 aromatic carbocycles. The number of nitrogens with one attached hydrogen (secondary N) is 1. The molecule has 0 aliphatic rings. The number of hydrogen-bond donors (Lipinski definition) is 1. The second kappa shape index (κ2) is 9.81. The van der Waals surface area contributed by atoms with Gasteiger partial charge in [-0.3, -0.25) is 14.8 Å². The van der Waals surface area contributed by atoms with Crippen molar-refractivity contribution >= 4 is 32.5 Å². The summed E-state index contributed by atoms with van der Waals surface area (Å²) in [6.45, 7) is 0. The number of nitro groups is 1. The fourth-order valence-electron chi connectivity index (χ4n) is 3.94. The van der Waals surface area contributed by atoms with Gasteiger partial charge in [-0.05, 0) is 48.0 Å². The first-order valence-electron chi connectivity index (χ1n) is 11.2. The molecule has 0 fully saturated rings. The fraction of sp³-hybridized carbons (Fsp3) is 0. The van der Waals surface area contributed by atoms with Crippen molar-refractivity contribution in [2.75, 3.05) is 4.72 Å². The Balaban J connectivity index is 1.79. The predicted octanol–water partition coefficient (Wildman–Crippen LogP) is 5.24. The van der Waals surface area contributed by atoms with Gasteiger partial charge in [0.05, 0.1) is 21.1 Å². The van der Waals surface area contributed by atoms with Crippen LogP contribution >= 0.6 is 0 Å². The Hall–Kier alpha value is -5.41. The van der Waals surface area contributed by atoms with E-state index in [0.717, 1.165) is 12.1 Å². The van der Waals surface area contributed by atoms with E-state index in [4.69, 9.17) is 4.42 Å². The third-order valence-corrected chi connectivity index (χ3v) is 7.11. The van der Waals surface area contributed by atoms with Crippen molar-refractivity contribution < 1.29 is 22.1 Å². The van der Waals surface area contributed by atoms with E-state index in [-0.39, 0.29) is 49.5 Å². The summed E-state index contributed by atoms with van der Waals surface area (Å²) in [6.07, 6.45) is 0. The third-order valence-electron chi connectivity index (χ3n) is 5.75. The molecule has 0 aliphatic heterocycles. The van der Waals surface area contributed by atoms with Gasteiger partial charge in [0, 0.05) is 23.1 Å². The molecular weight excluding hydrogens is 527 g/mol. The number of pyridine rings is 1. The lowest BCUT2D eigenvalue weighted by atomic mass is 9.98. The molecule has 0 spiro atoms. The van der Waals surface area contributed by atoms with Crippen molar-refractivity contribution in [3.63, 3.8) is 0 Å². The van der Waals surface area contributed by atoms with Gasteiger partial charge in [0.15, 0.2) is 5.82 Å². The Morgan fingerprint density at radius 3 is 2.46 bits per heavy atom. The van der Waals surface area contributed by atoms with Crippen molar-refractivity contribution in [1.82, 2.24) is 4.98 Å². The second-order valence-corrected chi connectivity index (χ2v) is 9.93. The van der Waals surface area contributed by atoms with Gasteiger partial charge < -0.3 is 4.42 Å². The number of nitriles is 1. The van der Waals surface area contributed by atoms with Crippen LogP contribution in [0.5, 0.6) is 0 Å². The van der Waals surface area contributed by atoms with Gasteiger partial charge in [0.25, 0.3) is 15.7 Å². The first-order chi connectivity index (χ1) is 18.7. The predicted molar refractivity (Wildman–Crippen MR) is 140 cm³/mol. The molecule has 192 valence electrons. The number of nitro benzene ring substituents is 1. The minimum absolute atomic E-state index is 0.0655. The van der Waals surface area contributed by atoms with Crippen molar-refractivity contribution in [2.45, 2.75) is 4.90 Å². The molecule has 10 nitrogen and oxygen atoms in total. The van der Waals surface area contributed by atoms with Crippen LogP contribution in [0.3, 0.4) is 0 Å². The highest BCUT2D eigenvalue weighted by Crippen LogP contribution is 2.34. The zero-order valence-electron chi connectivity index (χ0n) is 19.7. The summed E-state index contributed by atoms with van der Waals surface area (Å²) in [5.74, 6) is -0.997. The summed E-state index contributed by atoms with van der Waals surface area (Å²) in [4.78, 5) is 27.8. The first kappa shape index (κ1) is 25.2. The van der Waals surface area contributed by atoms with Gasteiger partial charge in [0.2, 0.25) is 0 Å². The largest absolute Gasteiger partial charge is 0.422 e. The lowest BCUT2D eigenvalue weighted by molar-refractivity contribution is -0.384. The molecule has 0 atom stereocenters. The second-order valence-electron chi connectivity index (χ2n) is 8.25. The van der Waals surface area contributed by atoms with Crippen LogP contribution in [-0.4, -0.2) is 18.3 Å². The Morgan fingerprint density at radius 2 is 1.74 bits per heavy atom. The molecule has 0 unspecified atom stereocenters. The molecule has 0 bridgehead atoms. The number of hydrogen-bond acceptors (Lipinski definition) is 8. The summed E-state index contributed by atoms with van der Waals surface area (Å²) in [5.41, 5.74) is -1.25. The molecule has 2 aromatic heterocycles. The van der Waals surface area contributed by atoms with E-state index in [1.807, 2.05) is 6.07 Å². The van der Waals surface area contributed by atoms with Gasteiger partial charge in [-0.1, -0.05) is 30.3 Å². The van der Waals surface area contributed by atoms with E-state index < -0.39 is 32.2 Å².